The molecule has 58 valence electrons. The number of ether oxygens (including phenoxy) is 1. The number of carbonyl (C=O) groups excluding carboxylic acids is 1. The Balaban J connectivity index is 3.65. The molecule has 0 saturated heterocycles. The van der Waals surface area contributed by atoms with Gasteiger partial charge in [-0.05, 0) is 6.92 Å². The van der Waals surface area contributed by atoms with Crippen LogP contribution in [0.15, 0.2) is 0 Å². The van der Waals surface area contributed by atoms with Crippen LogP contribution in [-0.2, 0) is 9.53 Å². The van der Waals surface area contributed by atoms with E-state index in [1.165, 1.54) is 0 Å². The highest BCUT2D eigenvalue weighted by atomic mass is 79.9. The molecule has 0 radical (unpaired) electrons. The third-order valence-electron chi connectivity index (χ3n) is 1.30. The van der Waals surface area contributed by atoms with Gasteiger partial charge in [-0.3, -0.25) is 4.79 Å². The Morgan fingerprint density at radius 2 is 2.40 bits per heavy atom. The first-order chi connectivity index (χ1) is 4.76. The first kappa shape index (κ1) is 10.0. The lowest BCUT2D eigenvalue weighted by Gasteiger charge is -2.07. The van der Waals surface area contributed by atoms with Crippen molar-refractivity contribution >= 4 is 29.2 Å². The van der Waals surface area contributed by atoms with Gasteiger partial charge < -0.3 is 4.74 Å². The number of alkyl halides is 1. The maximum atomic E-state index is 11.0. The molecule has 4 heteroatoms. The maximum absolute atomic E-state index is 11.0. The summed E-state index contributed by atoms with van der Waals surface area (Å²) in [6.45, 7) is 4.27. The van der Waals surface area contributed by atoms with Crippen LogP contribution in [0.5, 0.6) is 0 Å². The third kappa shape index (κ3) is 3.25. The van der Waals surface area contributed by atoms with Gasteiger partial charge in [0.15, 0.2) is 0 Å². The van der Waals surface area contributed by atoms with Crippen molar-refractivity contribution in [1.82, 2.24) is 0 Å². The minimum atomic E-state index is -0.0955. The summed E-state index contributed by atoms with van der Waals surface area (Å²) in [5.41, 5.74) is 0. The highest BCUT2D eigenvalue weighted by Crippen LogP contribution is 2.08. The van der Waals surface area contributed by atoms with Crippen LogP contribution < -0.4 is 0 Å². The number of hydrogen-bond acceptors (Lipinski definition) is 2. The molecule has 0 amide bonds. The Kier molecular flexibility index (Phi) is 5.78. The molecule has 1 unspecified atom stereocenters. The molecule has 1 atom stereocenters. The van der Waals surface area contributed by atoms with Crippen LogP contribution >= 0.6 is 15.9 Å². The fourth-order valence-electron chi connectivity index (χ4n) is 0.599. The molecule has 0 aromatic heterocycles. The number of rotatable bonds is 4. The quantitative estimate of drug-likeness (QED) is 0.393. The molecule has 0 aliphatic carbocycles. The normalized spacial score (nSPS) is 12.3. The standard InChI is InChI=1S/C6H12BBrO2/c1-3-10-6(9)5(4-8)7-2/h5,7H,3-4H2,1-2H3. The van der Waals surface area contributed by atoms with Gasteiger partial charge in [-0.25, -0.2) is 0 Å². The van der Waals surface area contributed by atoms with Gasteiger partial charge in [0, 0.05) is 11.1 Å². The molecular weight excluding hydrogens is 195 g/mol. The van der Waals surface area contributed by atoms with Gasteiger partial charge in [0.05, 0.1) is 6.61 Å². The van der Waals surface area contributed by atoms with Crippen LogP contribution in [0, 0.1) is 0 Å². The Morgan fingerprint density at radius 3 is 2.70 bits per heavy atom. The summed E-state index contributed by atoms with van der Waals surface area (Å²) >= 11 is 3.25. The van der Waals surface area contributed by atoms with E-state index < -0.39 is 0 Å². The molecule has 0 bridgehead atoms. The SMILES string of the molecule is CBC(CBr)C(=O)OCC. The van der Waals surface area contributed by atoms with E-state index in [0.717, 1.165) is 7.28 Å². The van der Waals surface area contributed by atoms with E-state index in [4.69, 9.17) is 4.74 Å². The monoisotopic (exact) mass is 206 g/mol. The van der Waals surface area contributed by atoms with Crippen LogP contribution in [0.25, 0.3) is 0 Å². The van der Waals surface area contributed by atoms with Gasteiger partial charge in [-0.1, -0.05) is 22.8 Å². The lowest BCUT2D eigenvalue weighted by atomic mass is 9.68. The van der Waals surface area contributed by atoms with Crippen LogP contribution in [0.4, 0.5) is 0 Å². The molecule has 10 heavy (non-hydrogen) atoms. The van der Waals surface area contributed by atoms with Crippen molar-refractivity contribution in [3.05, 3.63) is 0 Å². The van der Waals surface area contributed by atoms with E-state index >= 15 is 0 Å². The van der Waals surface area contributed by atoms with Gasteiger partial charge in [0.2, 0.25) is 0 Å². The summed E-state index contributed by atoms with van der Waals surface area (Å²) in [5, 5.41) is 0.697. The van der Waals surface area contributed by atoms with Gasteiger partial charge in [-0.15, -0.1) is 0 Å². The van der Waals surface area contributed by atoms with E-state index in [2.05, 4.69) is 15.9 Å². The average molecular weight is 207 g/mol. The first-order valence-corrected chi connectivity index (χ1v) is 4.61. The zero-order chi connectivity index (χ0) is 7.98. The van der Waals surface area contributed by atoms with E-state index in [1.807, 2.05) is 13.7 Å². The second-order valence-corrected chi connectivity index (χ2v) is 2.66. The molecule has 0 fully saturated rings. The number of carbonyl (C=O) groups is 1. The van der Waals surface area contributed by atoms with Crippen molar-refractivity contribution in [1.29, 1.82) is 0 Å². The molecule has 0 aromatic rings. The molecule has 0 heterocycles. The van der Waals surface area contributed by atoms with Crippen molar-refractivity contribution in [2.45, 2.75) is 19.6 Å². The third-order valence-corrected chi connectivity index (χ3v) is 2.08. The molecule has 0 aliphatic heterocycles. The second-order valence-electron chi connectivity index (χ2n) is 2.01. The molecule has 0 N–H and O–H groups in total. The molecule has 2 nitrogen and oxygen atoms in total. The van der Waals surface area contributed by atoms with Crippen molar-refractivity contribution in [3.8, 4) is 0 Å². The summed E-state index contributed by atoms with van der Waals surface area (Å²) in [7, 11) is 0.837. The average Bonchev–Trinajstić information content (AvgIpc) is 1.91. The number of hydrogen-bond donors (Lipinski definition) is 0. The zero-order valence-corrected chi connectivity index (χ0v) is 7.98. The summed E-state index contributed by atoms with van der Waals surface area (Å²) in [6.07, 6.45) is 0. The smallest absolute Gasteiger partial charge is 0.301 e. The Hall–Kier alpha value is 0.0149. The van der Waals surface area contributed by atoms with Crippen LogP contribution in [0.2, 0.25) is 12.6 Å². The molecule has 0 rings (SSSR count). The van der Waals surface area contributed by atoms with Gasteiger partial charge in [0.1, 0.15) is 7.28 Å². The van der Waals surface area contributed by atoms with Crippen molar-refractivity contribution < 1.29 is 9.53 Å². The van der Waals surface area contributed by atoms with E-state index in [1.54, 1.807) is 0 Å². The van der Waals surface area contributed by atoms with Gasteiger partial charge >= 0.3 is 5.97 Å². The fraction of sp³-hybridized carbons (Fsp3) is 0.833. The lowest BCUT2D eigenvalue weighted by Crippen LogP contribution is -2.17. The Bertz CT molecular complexity index is 104. The summed E-state index contributed by atoms with van der Waals surface area (Å²) in [5.74, 6) is -0.0678. The summed E-state index contributed by atoms with van der Waals surface area (Å²) in [6, 6.07) is 0. The molecule has 0 aliphatic rings. The van der Waals surface area contributed by atoms with Gasteiger partial charge in [-0.2, -0.15) is 0 Å². The topological polar surface area (TPSA) is 26.3 Å². The molecule has 0 aromatic carbocycles. The molecule has 0 saturated carbocycles. The minimum Gasteiger partial charge on any atom is -0.466 e. The summed E-state index contributed by atoms with van der Waals surface area (Å²) < 4.78 is 4.82. The van der Waals surface area contributed by atoms with Crippen LogP contribution in [-0.4, -0.2) is 25.2 Å². The largest absolute Gasteiger partial charge is 0.466 e. The number of esters is 1. The predicted octanol–water partition coefficient (Wildman–Crippen LogP) is 1.22. The van der Waals surface area contributed by atoms with Crippen LogP contribution in [0.3, 0.4) is 0 Å². The molecular formula is C6H12BBrO2. The highest BCUT2D eigenvalue weighted by molar-refractivity contribution is 9.09. The predicted molar refractivity (Wildman–Crippen MR) is 47.2 cm³/mol. The zero-order valence-electron chi connectivity index (χ0n) is 6.39. The summed E-state index contributed by atoms with van der Waals surface area (Å²) in [4.78, 5) is 11.0. The minimum absolute atomic E-state index is 0.0277. The fourth-order valence-corrected chi connectivity index (χ4v) is 1.32. The Morgan fingerprint density at radius 1 is 1.80 bits per heavy atom. The Labute approximate surface area is 70.7 Å². The van der Waals surface area contributed by atoms with Crippen molar-refractivity contribution in [3.63, 3.8) is 0 Å². The van der Waals surface area contributed by atoms with Crippen LogP contribution in [0.1, 0.15) is 6.92 Å². The number of halogens is 1. The first-order valence-electron chi connectivity index (χ1n) is 3.48. The lowest BCUT2D eigenvalue weighted by molar-refractivity contribution is -0.142. The van der Waals surface area contributed by atoms with E-state index in [-0.39, 0.29) is 11.8 Å². The maximum Gasteiger partial charge on any atom is 0.301 e. The van der Waals surface area contributed by atoms with Crippen molar-refractivity contribution in [2.24, 2.45) is 0 Å². The van der Waals surface area contributed by atoms with Crippen molar-refractivity contribution in [2.75, 3.05) is 11.9 Å². The highest BCUT2D eigenvalue weighted by Gasteiger charge is 2.15. The van der Waals surface area contributed by atoms with Gasteiger partial charge in [0.25, 0.3) is 0 Å². The second kappa shape index (κ2) is 5.77. The van der Waals surface area contributed by atoms with E-state index in [9.17, 15) is 4.79 Å². The van der Waals surface area contributed by atoms with E-state index in [0.29, 0.717) is 11.9 Å². The molecule has 0 spiro atoms.